The quantitative estimate of drug-likeness (QED) is 0.388. The highest BCUT2D eigenvalue weighted by Gasteiger charge is 2.06. The van der Waals surface area contributed by atoms with Gasteiger partial charge in [0.2, 0.25) is 5.91 Å². The minimum Gasteiger partial charge on any atom is -0.378 e. The van der Waals surface area contributed by atoms with E-state index in [1.165, 1.54) is 0 Å². The average Bonchev–Trinajstić information content (AvgIpc) is 3.22. The molecule has 0 atom stereocenters. The molecule has 1 aromatic heterocycles. The van der Waals surface area contributed by atoms with E-state index in [2.05, 4.69) is 39.7 Å². The number of aromatic nitrogens is 1. The number of hydrazone groups is 1. The molecule has 0 unspecified atom stereocenters. The molecular formula is C25H24N4O. The zero-order valence-corrected chi connectivity index (χ0v) is 17.1. The maximum atomic E-state index is 12.4. The van der Waals surface area contributed by atoms with Crippen LogP contribution in [0.15, 0.2) is 90.2 Å². The number of amides is 1. The van der Waals surface area contributed by atoms with Crippen LogP contribution in [0.3, 0.4) is 0 Å². The lowest BCUT2D eigenvalue weighted by Gasteiger charge is -2.13. The van der Waals surface area contributed by atoms with Crippen molar-refractivity contribution >= 4 is 28.6 Å². The molecule has 5 nitrogen and oxygen atoms in total. The van der Waals surface area contributed by atoms with Crippen LogP contribution >= 0.6 is 0 Å². The molecule has 0 saturated carbocycles. The Hall–Kier alpha value is -3.86. The lowest BCUT2D eigenvalue weighted by molar-refractivity contribution is -0.120. The van der Waals surface area contributed by atoms with Gasteiger partial charge in [0.1, 0.15) is 0 Å². The molecule has 30 heavy (non-hydrogen) atoms. The Labute approximate surface area is 176 Å². The summed E-state index contributed by atoms with van der Waals surface area (Å²) in [4.78, 5) is 14.5. The van der Waals surface area contributed by atoms with Gasteiger partial charge in [-0.3, -0.25) is 4.79 Å². The van der Waals surface area contributed by atoms with Crippen LogP contribution in [0.5, 0.6) is 0 Å². The Balaban J connectivity index is 1.44. The molecular weight excluding hydrogens is 372 g/mol. The number of hydrogen-bond donors (Lipinski definition) is 1. The van der Waals surface area contributed by atoms with E-state index in [0.29, 0.717) is 0 Å². The van der Waals surface area contributed by atoms with Crippen LogP contribution in [0.4, 0.5) is 5.69 Å². The molecule has 0 radical (unpaired) electrons. The number of rotatable bonds is 6. The Morgan fingerprint density at radius 3 is 2.53 bits per heavy atom. The Bertz CT molecular complexity index is 1180. The number of anilines is 1. The van der Waals surface area contributed by atoms with Gasteiger partial charge in [-0.15, -0.1) is 0 Å². The Morgan fingerprint density at radius 1 is 0.967 bits per heavy atom. The highest BCUT2D eigenvalue weighted by Crippen LogP contribution is 2.19. The highest BCUT2D eigenvalue weighted by atomic mass is 16.2. The van der Waals surface area contributed by atoms with Crippen molar-refractivity contribution in [3.05, 3.63) is 96.3 Å². The molecule has 3 aromatic carbocycles. The minimum absolute atomic E-state index is 0.143. The number of fused-ring (bicyclic) bond motifs is 1. The molecule has 4 rings (SSSR count). The van der Waals surface area contributed by atoms with Crippen molar-refractivity contribution in [1.29, 1.82) is 0 Å². The predicted molar refractivity (Wildman–Crippen MR) is 123 cm³/mol. The van der Waals surface area contributed by atoms with Crippen molar-refractivity contribution in [2.24, 2.45) is 5.10 Å². The van der Waals surface area contributed by atoms with Gasteiger partial charge in [-0.25, -0.2) is 5.43 Å². The van der Waals surface area contributed by atoms with E-state index >= 15 is 0 Å². The van der Waals surface area contributed by atoms with Crippen molar-refractivity contribution in [3.63, 3.8) is 0 Å². The number of hydrogen-bond acceptors (Lipinski definition) is 3. The molecule has 0 aliphatic rings. The third-order valence-corrected chi connectivity index (χ3v) is 5.04. The number of carbonyl (C=O) groups is 1. The van der Waals surface area contributed by atoms with Crippen LogP contribution in [0, 0.1) is 0 Å². The SMILES string of the molecule is CN(C)c1ccc(-n2cccc2/C=N\NC(=O)Cc2cccc3ccccc23)cc1. The summed E-state index contributed by atoms with van der Waals surface area (Å²) in [6, 6.07) is 26.3. The standard InChI is InChI=1S/C25H24N4O/c1-28(2)21-12-14-22(15-13-21)29-16-6-10-23(29)18-26-27-25(30)17-20-9-5-8-19-7-3-4-11-24(19)20/h3-16,18H,17H2,1-2H3,(H,27,30)/b26-18-. The molecule has 0 bridgehead atoms. The lowest BCUT2D eigenvalue weighted by Crippen LogP contribution is -2.20. The molecule has 1 heterocycles. The number of benzene rings is 3. The first-order valence-corrected chi connectivity index (χ1v) is 9.85. The van der Waals surface area contributed by atoms with E-state index in [1.807, 2.05) is 79.5 Å². The summed E-state index contributed by atoms with van der Waals surface area (Å²) in [7, 11) is 4.04. The van der Waals surface area contributed by atoms with Gasteiger partial charge in [-0.05, 0) is 52.7 Å². The Morgan fingerprint density at radius 2 is 1.73 bits per heavy atom. The van der Waals surface area contributed by atoms with Gasteiger partial charge in [0, 0.05) is 31.7 Å². The van der Waals surface area contributed by atoms with Crippen molar-refractivity contribution in [3.8, 4) is 5.69 Å². The number of carbonyl (C=O) groups excluding carboxylic acids is 1. The molecule has 4 aromatic rings. The number of nitrogens with zero attached hydrogens (tertiary/aromatic N) is 3. The van der Waals surface area contributed by atoms with Crippen LogP contribution in [0.25, 0.3) is 16.5 Å². The van der Waals surface area contributed by atoms with Crippen LogP contribution in [-0.4, -0.2) is 30.8 Å². The zero-order valence-electron chi connectivity index (χ0n) is 17.1. The van der Waals surface area contributed by atoms with Gasteiger partial charge in [-0.1, -0.05) is 42.5 Å². The molecule has 0 saturated heterocycles. The van der Waals surface area contributed by atoms with E-state index in [0.717, 1.165) is 33.4 Å². The molecule has 0 aliphatic heterocycles. The average molecular weight is 396 g/mol. The molecule has 1 amide bonds. The fraction of sp³-hybridized carbons (Fsp3) is 0.120. The largest absolute Gasteiger partial charge is 0.378 e. The first-order chi connectivity index (χ1) is 14.6. The smallest absolute Gasteiger partial charge is 0.244 e. The minimum atomic E-state index is -0.143. The number of nitrogens with one attached hydrogen (secondary N) is 1. The van der Waals surface area contributed by atoms with Gasteiger partial charge in [0.25, 0.3) is 0 Å². The molecule has 0 fully saturated rings. The summed E-state index contributed by atoms with van der Waals surface area (Å²) >= 11 is 0. The second-order valence-electron chi connectivity index (χ2n) is 7.32. The van der Waals surface area contributed by atoms with Crippen LogP contribution in [0.1, 0.15) is 11.3 Å². The van der Waals surface area contributed by atoms with Crippen LogP contribution < -0.4 is 10.3 Å². The zero-order chi connectivity index (χ0) is 20.9. The van der Waals surface area contributed by atoms with Crippen LogP contribution in [-0.2, 0) is 11.2 Å². The lowest BCUT2D eigenvalue weighted by atomic mass is 10.0. The second-order valence-corrected chi connectivity index (χ2v) is 7.32. The molecule has 0 spiro atoms. The first-order valence-electron chi connectivity index (χ1n) is 9.85. The molecule has 5 heteroatoms. The van der Waals surface area contributed by atoms with Crippen molar-refractivity contribution in [2.75, 3.05) is 19.0 Å². The summed E-state index contributed by atoms with van der Waals surface area (Å²) in [5, 5.41) is 6.39. The maximum Gasteiger partial charge on any atom is 0.244 e. The van der Waals surface area contributed by atoms with Crippen molar-refractivity contribution < 1.29 is 4.79 Å². The third-order valence-electron chi connectivity index (χ3n) is 5.04. The van der Waals surface area contributed by atoms with Crippen LogP contribution in [0.2, 0.25) is 0 Å². The maximum absolute atomic E-state index is 12.4. The van der Waals surface area contributed by atoms with Gasteiger partial charge < -0.3 is 9.47 Å². The topological polar surface area (TPSA) is 49.6 Å². The van der Waals surface area contributed by atoms with E-state index in [-0.39, 0.29) is 12.3 Å². The molecule has 150 valence electrons. The fourth-order valence-electron chi connectivity index (χ4n) is 3.48. The van der Waals surface area contributed by atoms with E-state index < -0.39 is 0 Å². The van der Waals surface area contributed by atoms with Gasteiger partial charge in [0.15, 0.2) is 0 Å². The fourth-order valence-corrected chi connectivity index (χ4v) is 3.48. The summed E-state index contributed by atoms with van der Waals surface area (Å²) in [5.41, 5.74) is 6.70. The summed E-state index contributed by atoms with van der Waals surface area (Å²) in [6.07, 6.45) is 3.93. The van der Waals surface area contributed by atoms with E-state index in [1.54, 1.807) is 6.21 Å². The van der Waals surface area contributed by atoms with E-state index in [9.17, 15) is 4.79 Å². The first kappa shape index (κ1) is 19.5. The molecule has 1 N–H and O–H groups in total. The van der Waals surface area contributed by atoms with Gasteiger partial charge in [-0.2, -0.15) is 5.10 Å². The van der Waals surface area contributed by atoms with Gasteiger partial charge >= 0.3 is 0 Å². The predicted octanol–water partition coefficient (Wildman–Crippen LogP) is 4.39. The summed E-state index contributed by atoms with van der Waals surface area (Å²) in [6.45, 7) is 0. The highest BCUT2D eigenvalue weighted by molar-refractivity contribution is 5.90. The van der Waals surface area contributed by atoms with Crippen molar-refractivity contribution in [1.82, 2.24) is 9.99 Å². The third kappa shape index (κ3) is 4.25. The summed E-state index contributed by atoms with van der Waals surface area (Å²) < 4.78 is 2.03. The second kappa shape index (κ2) is 8.66. The van der Waals surface area contributed by atoms with Crippen molar-refractivity contribution in [2.45, 2.75) is 6.42 Å². The summed E-state index contributed by atoms with van der Waals surface area (Å²) in [5.74, 6) is -0.143. The normalized spacial score (nSPS) is 11.1. The van der Waals surface area contributed by atoms with Gasteiger partial charge in [0.05, 0.1) is 18.3 Å². The Kier molecular flexibility index (Phi) is 5.61. The molecule has 0 aliphatic carbocycles. The van der Waals surface area contributed by atoms with E-state index in [4.69, 9.17) is 0 Å². The monoisotopic (exact) mass is 396 g/mol.